The van der Waals surface area contributed by atoms with Crippen molar-refractivity contribution in [2.24, 2.45) is 0 Å². The second kappa shape index (κ2) is 5.30. The largest absolute Gasteiger partial charge is 0.493 e. The van der Waals surface area contributed by atoms with Crippen molar-refractivity contribution in [3.05, 3.63) is 29.0 Å². The van der Waals surface area contributed by atoms with E-state index in [0.717, 1.165) is 18.4 Å². The third-order valence-corrected chi connectivity index (χ3v) is 3.93. The van der Waals surface area contributed by atoms with Gasteiger partial charge in [-0.2, -0.15) is 4.98 Å². The Bertz CT molecular complexity index is 820. The van der Waals surface area contributed by atoms with Crippen LogP contribution >= 0.6 is 11.6 Å². The fraction of sp³-hybridized carbons (Fsp3) is 0.333. The number of ether oxygens (including phenoxy) is 2. The van der Waals surface area contributed by atoms with Gasteiger partial charge >= 0.3 is 0 Å². The minimum Gasteiger partial charge on any atom is -0.493 e. The molecule has 6 nitrogen and oxygen atoms in total. The van der Waals surface area contributed by atoms with Crippen LogP contribution < -0.4 is 4.74 Å². The van der Waals surface area contributed by atoms with Gasteiger partial charge in [-0.15, -0.1) is 0 Å². The molecule has 0 aliphatic carbocycles. The smallest absolute Gasteiger partial charge is 0.293 e. The summed E-state index contributed by atoms with van der Waals surface area (Å²) in [6.07, 6.45) is 0.905. The van der Waals surface area contributed by atoms with Gasteiger partial charge < -0.3 is 18.4 Å². The maximum absolute atomic E-state index is 6.06. The summed E-state index contributed by atoms with van der Waals surface area (Å²) >= 11 is 6.06. The highest BCUT2D eigenvalue weighted by atomic mass is 35.5. The molecular formula is C15H13ClN2O4. The Morgan fingerprint density at radius 3 is 3.00 bits per heavy atom. The van der Waals surface area contributed by atoms with Crippen molar-refractivity contribution < 1.29 is 18.4 Å². The molecule has 7 heteroatoms. The Labute approximate surface area is 130 Å². The number of furan rings is 1. The van der Waals surface area contributed by atoms with Crippen LogP contribution in [0.15, 0.2) is 27.1 Å². The molecule has 22 heavy (non-hydrogen) atoms. The summed E-state index contributed by atoms with van der Waals surface area (Å²) in [5, 5.41) is 5.42. The van der Waals surface area contributed by atoms with Crippen LogP contribution in [-0.4, -0.2) is 30.5 Å². The summed E-state index contributed by atoms with van der Waals surface area (Å²) in [5.74, 6) is 2.24. The van der Waals surface area contributed by atoms with Crippen LogP contribution in [0.25, 0.3) is 22.6 Å². The summed E-state index contributed by atoms with van der Waals surface area (Å²) in [6.45, 7) is 1.36. The van der Waals surface area contributed by atoms with Gasteiger partial charge in [0.25, 0.3) is 5.89 Å². The number of benzene rings is 1. The van der Waals surface area contributed by atoms with E-state index in [1.165, 1.54) is 0 Å². The third kappa shape index (κ3) is 2.24. The van der Waals surface area contributed by atoms with Crippen molar-refractivity contribution in [2.45, 2.75) is 12.3 Å². The van der Waals surface area contributed by atoms with Crippen LogP contribution in [0.5, 0.6) is 5.75 Å². The Balaban J connectivity index is 1.74. The summed E-state index contributed by atoms with van der Waals surface area (Å²) < 4.78 is 21.7. The van der Waals surface area contributed by atoms with Gasteiger partial charge in [0.2, 0.25) is 0 Å². The molecule has 3 heterocycles. The maximum Gasteiger partial charge on any atom is 0.293 e. The van der Waals surface area contributed by atoms with E-state index < -0.39 is 0 Å². The molecule has 0 bridgehead atoms. The van der Waals surface area contributed by atoms with Gasteiger partial charge in [0.05, 0.1) is 13.7 Å². The zero-order chi connectivity index (χ0) is 15.1. The molecule has 0 N–H and O–H groups in total. The lowest BCUT2D eigenvalue weighted by Gasteiger charge is -2.00. The van der Waals surface area contributed by atoms with Crippen molar-refractivity contribution in [2.75, 3.05) is 20.3 Å². The SMILES string of the molecule is COc1cc(Cl)cc2cc(-c3nc([C@@H]4CCOC4)no3)oc12. The number of methoxy groups -OCH3 is 1. The van der Waals surface area contributed by atoms with E-state index in [0.29, 0.717) is 40.4 Å². The van der Waals surface area contributed by atoms with Crippen molar-refractivity contribution >= 4 is 22.6 Å². The molecule has 3 aromatic rings. The number of halogens is 1. The molecule has 0 unspecified atom stereocenters. The van der Waals surface area contributed by atoms with Gasteiger partial charge in [0.15, 0.2) is 22.9 Å². The molecule has 0 amide bonds. The van der Waals surface area contributed by atoms with Crippen molar-refractivity contribution in [3.8, 4) is 17.4 Å². The van der Waals surface area contributed by atoms with E-state index in [1.54, 1.807) is 19.2 Å². The highest BCUT2D eigenvalue weighted by Crippen LogP contribution is 2.36. The van der Waals surface area contributed by atoms with Gasteiger partial charge in [-0.25, -0.2) is 0 Å². The first-order valence-electron chi connectivity index (χ1n) is 6.93. The van der Waals surface area contributed by atoms with Gasteiger partial charge in [-0.1, -0.05) is 16.8 Å². The number of rotatable bonds is 3. The lowest BCUT2D eigenvalue weighted by atomic mass is 10.1. The van der Waals surface area contributed by atoms with Gasteiger partial charge in [-0.3, -0.25) is 0 Å². The summed E-state index contributed by atoms with van der Waals surface area (Å²) in [4.78, 5) is 4.41. The zero-order valence-electron chi connectivity index (χ0n) is 11.8. The van der Waals surface area contributed by atoms with E-state index in [4.69, 9.17) is 30.0 Å². The van der Waals surface area contributed by atoms with Crippen LogP contribution in [-0.2, 0) is 4.74 Å². The lowest BCUT2D eigenvalue weighted by Crippen LogP contribution is -1.99. The molecule has 1 aliphatic heterocycles. The van der Waals surface area contributed by atoms with E-state index in [9.17, 15) is 0 Å². The fourth-order valence-corrected chi connectivity index (χ4v) is 2.80. The molecule has 1 saturated heterocycles. The first-order chi connectivity index (χ1) is 10.7. The molecular weight excluding hydrogens is 308 g/mol. The Morgan fingerprint density at radius 1 is 1.32 bits per heavy atom. The van der Waals surface area contributed by atoms with Crippen LogP contribution in [0.3, 0.4) is 0 Å². The average molecular weight is 321 g/mol. The zero-order valence-corrected chi connectivity index (χ0v) is 12.6. The van der Waals surface area contributed by atoms with E-state index in [1.807, 2.05) is 6.07 Å². The first-order valence-corrected chi connectivity index (χ1v) is 7.31. The second-order valence-electron chi connectivity index (χ2n) is 5.16. The Morgan fingerprint density at radius 2 is 2.23 bits per heavy atom. The molecule has 4 rings (SSSR count). The Kier molecular flexibility index (Phi) is 3.28. The van der Waals surface area contributed by atoms with Crippen molar-refractivity contribution in [3.63, 3.8) is 0 Å². The second-order valence-corrected chi connectivity index (χ2v) is 5.59. The normalized spacial score (nSPS) is 18.2. The van der Waals surface area contributed by atoms with Gasteiger partial charge in [0.1, 0.15) is 0 Å². The standard InChI is InChI=1S/C15H13ClN2O4/c1-19-11-6-10(16)4-9-5-12(21-13(9)11)15-17-14(18-22-15)8-2-3-20-7-8/h4-6,8H,2-3,7H2,1H3/t8-/m1/s1. The molecule has 114 valence electrons. The topological polar surface area (TPSA) is 70.5 Å². The predicted octanol–water partition coefficient (Wildman–Crippen LogP) is 3.65. The summed E-state index contributed by atoms with van der Waals surface area (Å²) in [6, 6.07) is 5.31. The number of nitrogens with zero attached hydrogens (tertiary/aromatic N) is 2. The van der Waals surface area contributed by atoms with Crippen LogP contribution in [0.4, 0.5) is 0 Å². The first kappa shape index (κ1) is 13.6. The maximum atomic E-state index is 6.06. The number of fused-ring (bicyclic) bond motifs is 1. The van der Waals surface area contributed by atoms with Gasteiger partial charge in [0, 0.05) is 29.0 Å². The average Bonchev–Trinajstić information content (AvgIpc) is 3.23. The molecule has 1 aromatic carbocycles. The predicted molar refractivity (Wildman–Crippen MR) is 79.2 cm³/mol. The molecule has 1 aliphatic rings. The van der Waals surface area contributed by atoms with Crippen LogP contribution in [0.1, 0.15) is 18.2 Å². The van der Waals surface area contributed by atoms with Crippen LogP contribution in [0, 0.1) is 0 Å². The number of hydrogen-bond donors (Lipinski definition) is 0. The highest BCUT2D eigenvalue weighted by molar-refractivity contribution is 6.31. The van der Waals surface area contributed by atoms with E-state index in [-0.39, 0.29) is 5.92 Å². The lowest BCUT2D eigenvalue weighted by molar-refractivity contribution is 0.192. The fourth-order valence-electron chi connectivity index (χ4n) is 2.58. The van der Waals surface area contributed by atoms with Crippen LogP contribution in [0.2, 0.25) is 5.02 Å². The summed E-state index contributed by atoms with van der Waals surface area (Å²) in [7, 11) is 1.57. The molecule has 2 aromatic heterocycles. The van der Waals surface area contributed by atoms with Crippen molar-refractivity contribution in [1.82, 2.24) is 10.1 Å². The number of hydrogen-bond acceptors (Lipinski definition) is 6. The number of aromatic nitrogens is 2. The monoisotopic (exact) mass is 320 g/mol. The minimum absolute atomic E-state index is 0.186. The van der Waals surface area contributed by atoms with Crippen molar-refractivity contribution in [1.29, 1.82) is 0 Å². The molecule has 0 spiro atoms. The summed E-state index contributed by atoms with van der Waals surface area (Å²) in [5.41, 5.74) is 0.603. The molecule has 0 saturated carbocycles. The van der Waals surface area contributed by atoms with Gasteiger partial charge in [-0.05, 0) is 18.6 Å². The third-order valence-electron chi connectivity index (χ3n) is 3.71. The highest BCUT2D eigenvalue weighted by Gasteiger charge is 2.24. The van der Waals surface area contributed by atoms with E-state index in [2.05, 4.69) is 10.1 Å². The molecule has 0 radical (unpaired) electrons. The minimum atomic E-state index is 0.186. The Hall–Kier alpha value is -2.05. The van der Waals surface area contributed by atoms with E-state index >= 15 is 0 Å². The molecule has 1 atom stereocenters. The quantitative estimate of drug-likeness (QED) is 0.733. The molecule has 1 fully saturated rings.